The van der Waals surface area contributed by atoms with Gasteiger partial charge >= 0.3 is 0 Å². The fourth-order valence-corrected chi connectivity index (χ4v) is 6.49. The Bertz CT molecular complexity index is 1820. The highest BCUT2D eigenvalue weighted by atomic mass is 35.5. The van der Waals surface area contributed by atoms with Crippen LogP contribution in [0.3, 0.4) is 0 Å². The molecule has 1 aliphatic heterocycles. The normalized spacial score (nSPS) is 15.0. The molecule has 5 aromatic rings. The maximum atomic E-state index is 13.8. The summed E-state index contributed by atoms with van der Waals surface area (Å²) in [4.78, 5) is 48.1. The number of aromatic nitrogens is 1. The van der Waals surface area contributed by atoms with Crippen LogP contribution in [0.4, 0.5) is 5.69 Å². The molecule has 1 saturated heterocycles. The van der Waals surface area contributed by atoms with Crippen LogP contribution in [0.1, 0.15) is 23.1 Å². The van der Waals surface area contributed by atoms with Gasteiger partial charge in [0.2, 0.25) is 11.8 Å². The van der Waals surface area contributed by atoms with E-state index in [1.54, 1.807) is 59.9 Å². The molecule has 1 fully saturated rings. The second-order valence-corrected chi connectivity index (χ2v) is 12.1. The number of anilines is 1. The molecule has 0 bridgehead atoms. The number of fused-ring (bicyclic) bond motifs is 1. The van der Waals surface area contributed by atoms with Gasteiger partial charge in [0.15, 0.2) is 0 Å². The number of carbonyl (C=O) groups excluding carboxylic acids is 3. The molecular weight excluding hydrogens is 589 g/mol. The van der Waals surface area contributed by atoms with E-state index in [1.165, 1.54) is 15.4 Å². The Hall–Kier alpha value is -4.04. The summed E-state index contributed by atoms with van der Waals surface area (Å²) >= 11 is 14.0. The Morgan fingerprint density at radius 2 is 1.71 bits per heavy atom. The van der Waals surface area contributed by atoms with Gasteiger partial charge in [-0.05, 0) is 78.2 Å². The quantitative estimate of drug-likeness (QED) is 0.178. The third-order valence-corrected chi connectivity index (χ3v) is 8.99. The number of nitrogens with zero attached hydrogens (tertiary/aromatic N) is 3. The predicted octanol–water partition coefficient (Wildman–Crippen LogP) is 7.48. The van der Waals surface area contributed by atoms with E-state index < -0.39 is 11.9 Å². The van der Waals surface area contributed by atoms with Gasteiger partial charge in [-0.1, -0.05) is 59.6 Å². The number of imide groups is 1. The number of amides is 3. The molecule has 1 aliphatic rings. The first-order valence-electron chi connectivity index (χ1n) is 13.4. The third kappa shape index (κ3) is 5.68. The van der Waals surface area contributed by atoms with E-state index in [9.17, 15) is 14.4 Å². The maximum absolute atomic E-state index is 13.8. The summed E-state index contributed by atoms with van der Waals surface area (Å²) in [7, 11) is 0. The van der Waals surface area contributed by atoms with Crippen molar-refractivity contribution in [1.29, 1.82) is 0 Å². The molecule has 1 unspecified atom stereocenters. The van der Waals surface area contributed by atoms with Gasteiger partial charge < -0.3 is 4.90 Å². The number of halogens is 2. The highest BCUT2D eigenvalue weighted by molar-refractivity contribution is 7.21. The summed E-state index contributed by atoms with van der Waals surface area (Å²) in [5.41, 5.74) is 4.89. The van der Waals surface area contributed by atoms with Crippen LogP contribution in [0.15, 0.2) is 91.0 Å². The van der Waals surface area contributed by atoms with Crippen LogP contribution in [0, 0.1) is 6.92 Å². The molecule has 0 spiro atoms. The Balaban J connectivity index is 1.26. The summed E-state index contributed by atoms with van der Waals surface area (Å²) in [6.07, 6.45) is -0.0649. The van der Waals surface area contributed by atoms with Crippen LogP contribution in [0.25, 0.3) is 20.8 Å². The van der Waals surface area contributed by atoms with Crippen molar-refractivity contribution in [1.82, 2.24) is 9.88 Å². The zero-order valence-electron chi connectivity index (χ0n) is 22.6. The molecule has 0 saturated carbocycles. The smallest absolute Gasteiger partial charge is 0.257 e. The molecule has 1 aromatic heterocycles. The van der Waals surface area contributed by atoms with Gasteiger partial charge in [0.05, 0.1) is 28.7 Å². The van der Waals surface area contributed by atoms with Gasteiger partial charge in [0.1, 0.15) is 11.0 Å². The molecule has 9 heteroatoms. The van der Waals surface area contributed by atoms with Gasteiger partial charge in [-0.2, -0.15) is 0 Å². The number of thiazole rings is 1. The molecule has 6 nitrogen and oxygen atoms in total. The Morgan fingerprint density at radius 3 is 2.45 bits per heavy atom. The van der Waals surface area contributed by atoms with Gasteiger partial charge in [0, 0.05) is 22.2 Å². The van der Waals surface area contributed by atoms with Gasteiger partial charge in [-0.3, -0.25) is 14.4 Å². The van der Waals surface area contributed by atoms with Crippen LogP contribution in [-0.4, -0.2) is 33.6 Å². The largest absolute Gasteiger partial charge is 0.325 e. The van der Waals surface area contributed by atoms with Crippen molar-refractivity contribution in [3.63, 3.8) is 0 Å². The first kappa shape index (κ1) is 28.1. The molecule has 42 heavy (non-hydrogen) atoms. The maximum Gasteiger partial charge on any atom is 0.257 e. The SMILES string of the molecule is Cc1ccc2nc(-c3ccc(N4C(=O)CC(N(Cc5ccccc5Cl)C(=O)Cc5ccc(Cl)cc5)C4=O)cc3)sc2c1. The van der Waals surface area contributed by atoms with Crippen LogP contribution >= 0.6 is 34.5 Å². The van der Waals surface area contributed by atoms with Crippen molar-refractivity contribution < 1.29 is 14.4 Å². The fraction of sp³-hybridized carbons (Fsp3) is 0.152. The lowest BCUT2D eigenvalue weighted by Gasteiger charge is -2.28. The van der Waals surface area contributed by atoms with Crippen LogP contribution < -0.4 is 4.90 Å². The van der Waals surface area contributed by atoms with Crippen molar-refractivity contribution in [2.45, 2.75) is 32.4 Å². The fourth-order valence-electron chi connectivity index (χ4n) is 5.10. The van der Waals surface area contributed by atoms with Gasteiger partial charge in [0.25, 0.3) is 5.91 Å². The predicted molar refractivity (Wildman–Crippen MR) is 168 cm³/mol. The van der Waals surface area contributed by atoms with E-state index in [-0.39, 0.29) is 31.2 Å². The van der Waals surface area contributed by atoms with E-state index in [4.69, 9.17) is 28.2 Å². The number of carbonyl (C=O) groups is 3. The average molecular weight is 615 g/mol. The van der Waals surface area contributed by atoms with Crippen molar-refractivity contribution in [3.05, 3.63) is 118 Å². The van der Waals surface area contributed by atoms with Crippen molar-refractivity contribution in [3.8, 4) is 10.6 Å². The molecule has 210 valence electrons. The third-order valence-electron chi connectivity index (χ3n) is 7.30. The lowest BCUT2D eigenvalue weighted by Crippen LogP contribution is -2.45. The zero-order valence-corrected chi connectivity index (χ0v) is 24.9. The molecule has 3 amide bonds. The lowest BCUT2D eigenvalue weighted by atomic mass is 10.1. The van der Waals surface area contributed by atoms with E-state index in [1.807, 2.05) is 43.3 Å². The molecule has 4 aromatic carbocycles. The summed E-state index contributed by atoms with van der Waals surface area (Å²) < 4.78 is 1.10. The Labute approximate surface area is 257 Å². The molecule has 0 N–H and O–H groups in total. The van der Waals surface area contributed by atoms with E-state index >= 15 is 0 Å². The summed E-state index contributed by atoms with van der Waals surface area (Å²) in [5.74, 6) is -1.09. The Kier molecular flexibility index (Phi) is 7.82. The standard InChI is InChI=1S/C33H25Cl2N3O3S/c1-20-6-15-27-29(16-20)42-32(36-27)22-9-13-25(14-10-22)38-31(40)18-28(33(38)41)37(19-23-4-2-3-5-26(23)35)30(39)17-21-7-11-24(34)12-8-21/h2-16,28H,17-19H2,1H3. The highest BCUT2D eigenvalue weighted by Gasteiger charge is 2.44. The first-order valence-corrected chi connectivity index (χ1v) is 15.0. The zero-order chi connectivity index (χ0) is 29.4. The molecule has 6 rings (SSSR count). The minimum Gasteiger partial charge on any atom is -0.325 e. The second kappa shape index (κ2) is 11.7. The molecule has 0 radical (unpaired) electrons. The van der Waals surface area contributed by atoms with E-state index in [0.717, 1.165) is 26.4 Å². The molecule has 2 heterocycles. The summed E-state index contributed by atoms with van der Waals surface area (Å²) in [6.45, 7) is 2.14. The summed E-state index contributed by atoms with van der Waals surface area (Å²) in [6, 6.07) is 26.6. The molecular formula is C33H25Cl2N3O3S. The number of aryl methyl sites for hydroxylation is 1. The van der Waals surface area contributed by atoms with Gasteiger partial charge in [-0.15, -0.1) is 11.3 Å². The minimum atomic E-state index is -0.958. The molecule has 1 atom stereocenters. The number of rotatable bonds is 7. The number of hydrogen-bond donors (Lipinski definition) is 0. The molecule has 0 aliphatic carbocycles. The number of hydrogen-bond acceptors (Lipinski definition) is 5. The van der Waals surface area contributed by atoms with Gasteiger partial charge in [-0.25, -0.2) is 9.88 Å². The summed E-state index contributed by atoms with van der Waals surface area (Å²) in [5, 5.41) is 1.91. The van der Waals surface area contributed by atoms with Crippen molar-refractivity contribution in [2.75, 3.05) is 4.90 Å². The van der Waals surface area contributed by atoms with Crippen molar-refractivity contribution in [2.24, 2.45) is 0 Å². The lowest BCUT2D eigenvalue weighted by molar-refractivity contribution is -0.138. The monoisotopic (exact) mass is 613 g/mol. The van der Waals surface area contributed by atoms with Crippen LogP contribution in [0.5, 0.6) is 0 Å². The van der Waals surface area contributed by atoms with E-state index in [2.05, 4.69) is 6.07 Å². The van der Waals surface area contributed by atoms with Crippen LogP contribution in [-0.2, 0) is 27.3 Å². The topological polar surface area (TPSA) is 70.6 Å². The van der Waals surface area contributed by atoms with E-state index in [0.29, 0.717) is 21.3 Å². The van der Waals surface area contributed by atoms with Crippen LogP contribution in [0.2, 0.25) is 10.0 Å². The number of benzene rings is 4. The first-order chi connectivity index (χ1) is 20.3. The second-order valence-electron chi connectivity index (χ2n) is 10.2. The minimum absolute atomic E-state index is 0.0516. The highest BCUT2D eigenvalue weighted by Crippen LogP contribution is 2.34. The average Bonchev–Trinajstić information content (AvgIpc) is 3.53. The Morgan fingerprint density at radius 1 is 0.976 bits per heavy atom. The van der Waals surface area contributed by atoms with Crippen molar-refractivity contribution >= 4 is 68.2 Å².